The molecule has 25 heavy (non-hydrogen) atoms. The zero-order chi connectivity index (χ0) is 17.3. The van der Waals surface area contributed by atoms with Gasteiger partial charge < -0.3 is 14.5 Å². The number of amides is 1. The first kappa shape index (κ1) is 17.5. The summed E-state index contributed by atoms with van der Waals surface area (Å²) in [5.74, 6) is 0.214. The van der Waals surface area contributed by atoms with E-state index in [1.807, 2.05) is 23.3 Å². The molecule has 0 aliphatic carbocycles. The molecule has 1 amide bonds. The Morgan fingerprint density at radius 1 is 1.20 bits per heavy atom. The number of hydrogen-bond donors (Lipinski definition) is 0. The average Bonchev–Trinajstić information content (AvgIpc) is 3.09. The van der Waals surface area contributed by atoms with E-state index in [2.05, 4.69) is 4.90 Å². The third-order valence-electron chi connectivity index (χ3n) is 6.39. The van der Waals surface area contributed by atoms with Gasteiger partial charge in [0.2, 0.25) is 0 Å². The molecule has 3 saturated heterocycles. The van der Waals surface area contributed by atoms with Crippen LogP contribution in [0.1, 0.15) is 60.2 Å². The minimum Gasteiger partial charge on any atom is -0.375 e. The molecule has 0 bridgehead atoms. The van der Waals surface area contributed by atoms with Gasteiger partial charge in [-0.25, -0.2) is 0 Å². The molecule has 3 fully saturated rings. The fourth-order valence-corrected chi connectivity index (χ4v) is 5.69. The Morgan fingerprint density at radius 3 is 2.64 bits per heavy atom. The predicted octanol–water partition coefficient (Wildman–Crippen LogP) is 3.70. The maximum Gasteiger partial charge on any atom is 0.264 e. The highest BCUT2D eigenvalue weighted by molar-refractivity contribution is 7.12. The Morgan fingerprint density at radius 2 is 1.96 bits per heavy atom. The van der Waals surface area contributed by atoms with Gasteiger partial charge in [0.15, 0.2) is 0 Å². The molecule has 1 unspecified atom stereocenters. The number of piperidine rings is 2. The van der Waals surface area contributed by atoms with Gasteiger partial charge in [-0.2, -0.15) is 0 Å². The molecule has 1 spiro atoms. The van der Waals surface area contributed by atoms with Gasteiger partial charge >= 0.3 is 0 Å². The first-order chi connectivity index (χ1) is 12.2. The van der Waals surface area contributed by atoms with Crippen LogP contribution in [0.2, 0.25) is 0 Å². The molecule has 0 aromatic carbocycles. The molecule has 1 aromatic rings. The van der Waals surface area contributed by atoms with Crippen LogP contribution in [0, 0.1) is 6.92 Å². The third-order valence-corrected chi connectivity index (χ3v) is 7.40. The molecule has 3 aliphatic heterocycles. The van der Waals surface area contributed by atoms with E-state index in [-0.39, 0.29) is 11.5 Å². The van der Waals surface area contributed by atoms with Gasteiger partial charge in [-0.15, -0.1) is 11.3 Å². The van der Waals surface area contributed by atoms with Crippen molar-refractivity contribution in [2.75, 3.05) is 32.8 Å². The van der Waals surface area contributed by atoms with Crippen molar-refractivity contribution in [2.45, 2.75) is 63.5 Å². The van der Waals surface area contributed by atoms with E-state index >= 15 is 0 Å². The van der Waals surface area contributed by atoms with E-state index in [0.29, 0.717) is 6.04 Å². The van der Waals surface area contributed by atoms with Crippen molar-refractivity contribution in [2.24, 2.45) is 0 Å². The predicted molar refractivity (Wildman–Crippen MR) is 101 cm³/mol. The Hall–Kier alpha value is -0.910. The van der Waals surface area contributed by atoms with Crippen molar-refractivity contribution in [3.63, 3.8) is 0 Å². The highest BCUT2D eigenvalue weighted by atomic mass is 32.1. The summed E-state index contributed by atoms with van der Waals surface area (Å²) >= 11 is 1.57. The number of likely N-dealkylation sites (tertiary alicyclic amines) is 2. The molecule has 1 aromatic heterocycles. The Labute approximate surface area is 155 Å². The summed E-state index contributed by atoms with van der Waals surface area (Å²) < 4.78 is 6.31. The Balaban J connectivity index is 1.37. The molecule has 0 N–H and O–H groups in total. The number of thiophene rings is 1. The molecule has 4 rings (SSSR count). The van der Waals surface area contributed by atoms with Gasteiger partial charge in [0.1, 0.15) is 0 Å². The summed E-state index contributed by atoms with van der Waals surface area (Å²) in [6.07, 6.45) is 8.43. The maximum absolute atomic E-state index is 12.8. The van der Waals surface area contributed by atoms with Crippen molar-refractivity contribution < 1.29 is 9.53 Å². The third kappa shape index (κ3) is 3.64. The number of carbonyl (C=O) groups excluding carboxylic acids is 1. The first-order valence-corrected chi connectivity index (χ1v) is 10.8. The lowest BCUT2D eigenvalue weighted by Gasteiger charge is -2.49. The van der Waals surface area contributed by atoms with Crippen LogP contribution in [-0.2, 0) is 4.74 Å². The second-order valence-electron chi connectivity index (χ2n) is 8.00. The van der Waals surface area contributed by atoms with Gasteiger partial charge in [-0.3, -0.25) is 4.79 Å². The fourth-order valence-electron chi connectivity index (χ4n) is 4.80. The van der Waals surface area contributed by atoms with E-state index in [0.717, 1.165) is 49.4 Å². The number of aryl methyl sites for hydroxylation is 1. The van der Waals surface area contributed by atoms with Crippen molar-refractivity contribution in [1.82, 2.24) is 9.80 Å². The zero-order valence-electron chi connectivity index (χ0n) is 15.3. The van der Waals surface area contributed by atoms with E-state index in [1.54, 1.807) is 11.3 Å². The van der Waals surface area contributed by atoms with Gasteiger partial charge in [-0.1, -0.05) is 6.42 Å². The van der Waals surface area contributed by atoms with Crippen molar-refractivity contribution in [3.8, 4) is 0 Å². The van der Waals surface area contributed by atoms with Gasteiger partial charge in [0.25, 0.3) is 5.91 Å². The highest BCUT2D eigenvalue weighted by Gasteiger charge is 2.42. The minimum absolute atomic E-state index is 0.0155. The highest BCUT2D eigenvalue weighted by Crippen LogP contribution is 2.38. The average molecular weight is 363 g/mol. The van der Waals surface area contributed by atoms with Gasteiger partial charge in [0, 0.05) is 25.7 Å². The normalized spacial score (nSPS) is 27.6. The lowest BCUT2D eigenvalue weighted by atomic mass is 9.81. The van der Waals surface area contributed by atoms with Crippen LogP contribution < -0.4 is 0 Å². The first-order valence-electron chi connectivity index (χ1n) is 9.88. The zero-order valence-corrected chi connectivity index (χ0v) is 16.2. The molecule has 4 heterocycles. The van der Waals surface area contributed by atoms with Gasteiger partial charge in [-0.05, 0) is 75.5 Å². The number of hydrogen-bond acceptors (Lipinski definition) is 4. The quantitative estimate of drug-likeness (QED) is 0.804. The lowest BCUT2D eigenvalue weighted by molar-refractivity contribution is -0.131. The molecular formula is C20H30N2O2S. The van der Waals surface area contributed by atoms with Crippen molar-refractivity contribution in [3.05, 3.63) is 21.9 Å². The molecule has 0 saturated carbocycles. The number of rotatable bonds is 2. The molecular weight excluding hydrogens is 332 g/mol. The molecule has 3 aliphatic rings. The standard InChI is InChI=1S/C20H30N2O2S/c1-16-6-14-25-18(16)19(23)22-11-7-20(8-12-22)15-17(5-13-24-20)21-9-3-2-4-10-21/h6,14,17H,2-5,7-13,15H2,1H3. The van der Waals surface area contributed by atoms with E-state index in [9.17, 15) is 4.79 Å². The number of carbonyl (C=O) groups is 1. The number of nitrogens with zero attached hydrogens (tertiary/aromatic N) is 2. The van der Waals surface area contributed by atoms with Crippen LogP contribution in [0.15, 0.2) is 11.4 Å². The van der Waals surface area contributed by atoms with E-state index < -0.39 is 0 Å². The lowest BCUT2D eigenvalue weighted by Crippen LogP contribution is -2.55. The van der Waals surface area contributed by atoms with E-state index in [4.69, 9.17) is 4.74 Å². The summed E-state index contributed by atoms with van der Waals surface area (Å²) in [6, 6.07) is 2.73. The van der Waals surface area contributed by atoms with Crippen LogP contribution in [0.3, 0.4) is 0 Å². The van der Waals surface area contributed by atoms with Gasteiger partial charge in [0.05, 0.1) is 10.5 Å². The summed E-state index contributed by atoms with van der Waals surface area (Å²) in [5, 5.41) is 2.02. The Bertz CT molecular complexity index is 601. The number of ether oxygens (including phenoxy) is 1. The second-order valence-corrected chi connectivity index (χ2v) is 8.92. The molecule has 4 nitrogen and oxygen atoms in total. The second kappa shape index (κ2) is 7.37. The van der Waals surface area contributed by atoms with Crippen LogP contribution >= 0.6 is 11.3 Å². The Kier molecular flexibility index (Phi) is 5.16. The summed E-state index contributed by atoms with van der Waals surface area (Å²) in [4.78, 5) is 18.4. The summed E-state index contributed by atoms with van der Waals surface area (Å²) in [5.41, 5.74) is 1.12. The van der Waals surface area contributed by atoms with Crippen molar-refractivity contribution in [1.29, 1.82) is 0 Å². The van der Waals surface area contributed by atoms with Crippen LogP contribution in [0.25, 0.3) is 0 Å². The van der Waals surface area contributed by atoms with Crippen LogP contribution in [-0.4, -0.2) is 60.1 Å². The molecule has 138 valence electrons. The molecule has 0 radical (unpaired) electrons. The molecule has 5 heteroatoms. The summed E-state index contributed by atoms with van der Waals surface area (Å²) in [6.45, 7) is 7.12. The SMILES string of the molecule is Cc1ccsc1C(=O)N1CCC2(CC1)CC(N1CCCCC1)CCO2. The van der Waals surface area contributed by atoms with Crippen molar-refractivity contribution >= 4 is 17.2 Å². The largest absolute Gasteiger partial charge is 0.375 e. The maximum atomic E-state index is 12.8. The fraction of sp³-hybridized carbons (Fsp3) is 0.750. The van der Waals surface area contributed by atoms with E-state index in [1.165, 1.54) is 38.8 Å². The minimum atomic E-state index is 0.0155. The monoisotopic (exact) mass is 362 g/mol. The van der Waals surface area contributed by atoms with Crippen LogP contribution in [0.5, 0.6) is 0 Å². The molecule has 1 atom stereocenters. The smallest absolute Gasteiger partial charge is 0.264 e. The summed E-state index contributed by atoms with van der Waals surface area (Å²) in [7, 11) is 0. The van der Waals surface area contributed by atoms with Crippen LogP contribution in [0.4, 0.5) is 0 Å². The topological polar surface area (TPSA) is 32.8 Å².